The molecule has 1 heterocycles. The Labute approximate surface area is 148 Å². The first-order chi connectivity index (χ1) is 12.0. The summed E-state index contributed by atoms with van der Waals surface area (Å²) in [5.41, 5.74) is 0.510. The maximum atomic E-state index is 11.9. The highest BCUT2D eigenvalue weighted by Crippen LogP contribution is 2.23. The number of esters is 1. The van der Waals surface area contributed by atoms with Crippen molar-refractivity contribution in [2.45, 2.75) is 30.9 Å². The van der Waals surface area contributed by atoms with E-state index in [1.54, 1.807) is 31.2 Å². The van der Waals surface area contributed by atoms with Crippen molar-refractivity contribution < 1.29 is 23.5 Å². The summed E-state index contributed by atoms with van der Waals surface area (Å²) in [4.78, 5) is 35.3. The molecule has 8 nitrogen and oxygen atoms in total. The summed E-state index contributed by atoms with van der Waals surface area (Å²) in [6.45, 7) is 3.14. The van der Waals surface area contributed by atoms with Crippen LogP contribution in [0.1, 0.15) is 30.1 Å². The van der Waals surface area contributed by atoms with E-state index in [1.807, 2.05) is 6.07 Å². The number of nitrogens with one attached hydrogen (secondary N) is 1. The Hall–Kier alpha value is -2.68. The van der Waals surface area contributed by atoms with Gasteiger partial charge in [0.1, 0.15) is 0 Å². The van der Waals surface area contributed by atoms with Gasteiger partial charge in [0.25, 0.3) is 11.1 Å². The van der Waals surface area contributed by atoms with Crippen LogP contribution in [0.2, 0.25) is 0 Å². The molecule has 1 aromatic heterocycles. The van der Waals surface area contributed by atoms with E-state index in [9.17, 15) is 14.4 Å². The van der Waals surface area contributed by atoms with Crippen molar-refractivity contribution in [2.24, 2.45) is 0 Å². The predicted octanol–water partition coefficient (Wildman–Crippen LogP) is 1.61. The zero-order valence-electron chi connectivity index (χ0n) is 13.7. The molecule has 2 aromatic rings. The molecular weight excluding hydrogens is 346 g/mol. The monoisotopic (exact) mass is 363 g/mol. The van der Waals surface area contributed by atoms with Gasteiger partial charge in [-0.3, -0.25) is 14.4 Å². The zero-order chi connectivity index (χ0) is 18.2. The van der Waals surface area contributed by atoms with Gasteiger partial charge in [0.15, 0.2) is 11.0 Å². The minimum atomic E-state index is -1.06. The molecule has 0 radical (unpaired) electrons. The third-order valence-corrected chi connectivity index (χ3v) is 4.10. The Morgan fingerprint density at radius 2 is 1.96 bits per heavy atom. The van der Waals surface area contributed by atoms with Crippen molar-refractivity contribution in [1.29, 1.82) is 0 Å². The molecule has 9 heteroatoms. The normalized spacial score (nSPS) is 11.6. The lowest BCUT2D eigenvalue weighted by molar-refractivity contribution is -0.144. The number of rotatable bonds is 8. The number of hydrogen-bond donors (Lipinski definition) is 1. The molecule has 2 rings (SSSR count). The summed E-state index contributed by atoms with van der Waals surface area (Å²) in [6.07, 6.45) is 0. The summed E-state index contributed by atoms with van der Waals surface area (Å²) in [5, 5.41) is 9.19. The minimum Gasteiger partial charge on any atom is -0.465 e. The van der Waals surface area contributed by atoms with E-state index in [4.69, 9.17) is 9.15 Å². The summed E-state index contributed by atoms with van der Waals surface area (Å²) in [5.74, 6) is -1.14. The second-order valence-electron chi connectivity index (χ2n) is 4.87. The second-order valence-corrected chi connectivity index (χ2v) is 5.93. The van der Waals surface area contributed by atoms with E-state index in [0.29, 0.717) is 5.56 Å². The summed E-state index contributed by atoms with van der Waals surface area (Å²) >= 11 is 0.819. The first kappa shape index (κ1) is 18.7. The van der Waals surface area contributed by atoms with Crippen molar-refractivity contribution in [3.05, 3.63) is 41.8 Å². The van der Waals surface area contributed by atoms with Gasteiger partial charge in [-0.1, -0.05) is 18.2 Å². The molecule has 0 saturated carbocycles. The van der Waals surface area contributed by atoms with E-state index in [1.165, 1.54) is 6.92 Å². The molecule has 0 saturated heterocycles. The quantitative estimate of drug-likeness (QED) is 0.428. The molecule has 1 aromatic carbocycles. The average molecular weight is 363 g/mol. The largest absolute Gasteiger partial charge is 0.465 e. The van der Waals surface area contributed by atoms with Gasteiger partial charge in [-0.2, -0.15) is 0 Å². The van der Waals surface area contributed by atoms with Crippen LogP contribution >= 0.6 is 11.8 Å². The van der Waals surface area contributed by atoms with Crippen LogP contribution in [0.25, 0.3) is 0 Å². The number of Topliss-reactive ketones (excluding diaryl/α,β-unsaturated/α-hetero) is 1. The number of nitrogens with zero attached hydrogens (tertiary/aromatic N) is 2. The van der Waals surface area contributed by atoms with Crippen LogP contribution in [-0.2, 0) is 20.9 Å². The van der Waals surface area contributed by atoms with Crippen LogP contribution in [0.3, 0.4) is 0 Å². The number of ketones is 1. The Bertz CT molecular complexity index is 747. The van der Waals surface area contributed by atoms with Crippen LogP contribution in [0.15, 0.2) is 40.0 Å². The van der Waals surface area contributed by atoms with Gasteiger partial charge in [-0.25, -0.2) is 0 Å². The van der Waals surface area contributed by atoms with Gasteiger partial charge in [0, 0.05) is 5.56 Å². The number of carbonyl (C=O) groups excluding carboxylic acids is 3. The third-order valence-electron chi connectivity index (χ3n) is 2.97. The SMILES string of the molecule is CCOC(=O)[C@@H](Sc1nnc(CNC(=O)c2ccccc2)o1)C(C)=O. The van der Waals surface area contributed by atoms with Gasteiger partial charge in [-0.05, 0) is 37.7 Å². The Morgan fingerprint density at radius 3 is 2.60 bits per heavy atom. The van der Waals surface area contributed by atoms with Gasteiger partial charge in [-0.15, -0.1) is 10.2 Å². The lowest BCUT2D eigenvalue weighted by atomic mass is 10.2. The first-order valence-electron chi connectivity index (χ1n) is 7.50. The number of carbonyl (C=O) groups is 3. The number of amides is 1. The molecule has 1 amide bonds. The maximum absolute atomic E-state index is 11.9. The number of thioether (sulfide) groups is 1. The number of ether oxygens (including phenoxy) is 1. The minimum absolute atomic E-state index is 0.0332. The standard InChI is InChI=1S/C16H17N3O5S/c1-3-23-15(22)13(10(2)20)25-16-19-18-12(24-16)9-17-14(21)11-7-5-4-6-8-11/h4-8,13H,3,9H2,1-2H3,(H,17,21)/t13-/m0/s1. The molecule has 1 atom stereocenters. The Kier molecular flexibility index (Phi) is 6.70. The van der Waals surface area contributed by atoms with Gasteiger partial charge in [0.05, 0.1) is 13.2 Å². The fourth-order valence-electron chi connectivity index (χ4n) is 1.82. The molecule has 0 fully saturated rings. The fraction of sp³-hybridized carbons (Fsp3) is 0.312. The lowest BCUT2D eigenvalue weighted by Gasteiger charge is -2.09. The summed E-state index contributed by atoms with van der Waals surface area (Å²) < 4.78 is 10.2. The number of benzene rings is 1. The molecule has 0 aliphatic rings. The van der Waals surface area contributed by atoms with Crippen LogP contribution in [0, 0.1) is 0 Å². The van der Waals surface area contributed by atoms with Gasteiger partial charge in [0.2, 0.25) is 5.89 Å². The van der Waals surface area contributed by atoms with E-state index >= 15 is 0 Å². The Morgan fingerprint density at radius 1 is 1.24 bits per heavy atom. The fourth-order valence-corrected chi connectivity index (χ4v) is 2.58. The molecule has 1 N–H and O–H groups in total. The highest BCUT2D eigenvalue weighted by molar-refractivity contribution is 8.01. The van der Waals surface area contributed by atoms with E-state index in [2.05, 4.69) is 15.5 Å². The molecule has 25 heavy (non-hydrogen) atoms. The van der Waals surface area contributed by atoms with Crippen LogP contribution in [0.5, 0.6) is 0 Å². The average Bonchev–Trinajstić information content (AvgIpc) is 3.06. The van der Waals surface area contributed by atoms with Crippen molar-refractivity contribution in [3.63, 3.8) is 0 Å². The molecular formula is C16H17N3O5S. The van der Waals surface area contributed by atoms with Gasteiger partial charge < -0.3 is 14.5 Å². The van der Waals surface area contributed by atoms with Crippen LogP contribution < -0.4 is 5.32 Å². The van der Waals surface area contributed by atoms with E-state index < -0.39 is 11.2 Å². The van der Waals surface area contributed by atoms with Crippen molar-refractivity contribution in [3.8, 4) is 0 Å². The lowest BCUT2D eigenvalue weighted by Crippen LogP contribution is -2.27. The zero-order valence-corrected chi connectivity index (χ0v) is 14.5. The Balaban J connectivity index is 1.94. The van der Waals surface area contributed by atoms with Crippen molar-refractivity contribution >= 4 is 29.4 Å². The van der Waals surface area contributed by atoms with Gasteiger partial charge >= 0.3 is 5.97 Å². The second kappa shape index (κ2) is 8.97. The van der Waals surface area contributed by atoms with E-state index in [-0.39, 0.29) is 36.0 Å². The molecule has 0 bridgehead atoms. The van der Waals surface area contributed by atoms with Crippen molar-refractivity contribution in [1.82, 2.24) is 15.5 Å². The number of hydrogen-bond acceptors (Lipinski definition) is 8. The van der Waals surface area contributed by atoms with Crippen LogP contribution in [-0.4, -0.2) is 39.7 Å². The first-order valence-corrected chi connectivity index (χ1v) is 8.38. The molecule has 0 aliphatic heterocycles. The smallest absolute Gasteiger partial charge is 0.327 e. The third kappa shape index (κ3) is 5.42. The maximum Gasteiger partial charge on any atom is 0.327 e. The highest BCUT2D eigenvalue weighted by atomic mass is 32.2. The molecule has 132 valence electrons. The van der Waals surface area contributed by atoms with Crippen molar-refractivity contribution in [2.75, 3.05) is 6.61 Å². The highest BCUT2D eigenvalue weighted by Gasteiger charge is 2.28. The number of aromatic nitrogens is 2. The molecule has 0 aliphatic carbocycles. The van der Waals surface area contributed by atoms with E-state index in [0.717, 1.165) is 11.8 Å². The predicted molar refractivity (Wildman–Crippen MR) is 88.9 cm³/mol. The summed E-state index contributed by atoms with van der Waals surface area (Å²) in [7, 11) is 0. The topological polar surface area (TPSA) is 111 Å². The van der Waals surface area contributed by atoms with Crippen LogP contribution in [0.4, 0.5) is 0 Å². The molecule has 0 unspecified atom stereocenters. The summed E-state index contributed by atoms with van der Waals surface area (Å²) in [6, 6.07) is 8.69. The molecule has 0 spiro atoms.